The highest BCUT2D eigenvalue weighted by atomic mass is 32.1. The van der Waals surface area contributed by atoms with Gasteiger partial charge in [-0.15, -0.1) is 11.3 Å². The molecule has 1 aliphatic rings. The third kappa shape index (κ3) is 3.42. The van der Waals surface area contributed by atoms with Crippen LogP contribution >= 0.6 is 22.7 Å². The average molecular weight is 441 g/mol. The van der Waals surface area contributed by atoms with Crippen molar-refractivity contribution in [2.45, 2.75) is 19.9 Å². The van der Waals surface area contributed by atoms with E-state index in [1.165, 1.54) is 18.4 Å². The summed E-state index contributed by atoms with van der Waals surface area (Å²) in [4.78, 5) is 32.2. The first-order valence-corrected chi connectivity index (χ1v) is 10.9. The molecule has 0 bridgehead atoms. The molecule has 3 heterocycles. The summed E-state index contributed by atoms with van der Waals surface area (Å²) in [5.41, 5.74) is 2.62. The zero-order valence-electron chi connectivity index (χ0n) is 17.0. The molecule has 0 fully saturated rings. The minimum absolute atomic E-state index is 0.179. The van der Waals surface area contributed by atoms with Gasteiger partial charge in [-0.3, -0.25) is 9.36 Å². The number of carbonyl (C=O) groups is 1. The van der Waals surface area contributed by atoms with E-state index in [1.54, 1.807) is 29.9 Å². The Bertz CT molecular complexity index is 1330. The number of rotatable bonds is 4. The van der Waals surface area contributed by atoms with Gasteiger partial charge >= 0.3 is 5.97 Å². The lowest BCUT2D eigenvalue weighted by atomic mass is 9.96. The first kappa shape index (κ1) is 20.3. The van der Waals surface area contributed by atoms with Gasteiger partial charge < -0.3 is 9.47 Å². The molecular weight excluding hydrogens is 420 g/mol. The van der Waals surface area contributed by atoms with Gasteiger partial charge in [0.25, 0.3) is 5.56 Å². The van der Waals surface area contributed by atoms with Crippen LogP contribution in [0, 0.1) is 6.92 Å². The summed E-state index contributed by atoms with van der Waals surface area (Å²) in [7, 11) is 2.92. The third-order valence-electron chi connectivity index (χ3n) is 5.02. The Kier molecular flexibility index (Phi) is 5.44. The fourth-order valence-corrected chi connectivity index (χ4v) is 5.41. The van der Waals surface area contributed by atoms with E-state index in [0.717, 1.165) is 16.0 Å². The van der Waals surface area contributed by atoms with Crippen molar-refractivity contribution in [1.82, 2.24) is 4.57 Å². The van der Waals surface area contributed by atoms with E-state index in [0.29, 0.717) is 26.4 Å². The highest BCUT2D eigenvalue weighted by molar-refractivity contribution is 7.11. The number of methoxy groups -OCH3 is 2. The average Bonchev–Trinajstić information content (AvgIpc) is 3.29. The van der Waals surface area contributed by atoms with Gasteiger partial charge in [0, 0.05) is 4.88 Å². The summed E-state index contributed by atoms with van der Waals surface area (Å²) >= 11 is 2.91. The Labute approximate surface area is 181 Å². The molecule has 3 aromatic rings. The third-order valence-corrected chi connectivity index (χ3v) is 6.97. The van der Waals surface area contributed by atoms with Crippen LogP contribution in [0.25, 0.3) is 6.08 Å². The monoisotopic (exact) mass is 440 g/mol. The minimum Gasteiger partial charge on any atom is -0.497 e. The van der Waals surface area contributed by atoms with Crippen molar-refractivity contribution in [3.05, 3.63) is 82.7 Å². The summed E-state index contributed by atoms with van der Waals surface area (Å²) in [5, 5.41) is 2.00. The summed E-state index contributed by atoms with van der Waals surface area (Å²) < 4.78 is 12.4. The maximum Gasteiger partial charge on any atom is 0.338 e. The molecule has 0 amide bonds. The molecule has 0 N–H and O–H groups in total. The van der Waals surface area contributed by atoms with Gasteiger partial charge in [0.15, 0.2) is 4.80 Å². The van der Waals surface area contributed by atoms with Gasteiger partial charge in [-0.05, 0) is 54.6 Å². The standard InChI is InChI=1S/C22H20N2O4S2/c1-12-9-10-29-16(12)11-17-20(25)24-19(14-5-7-15(27-3)8-6-14)18(21(26)28-4)13(2)23-22(24)30-17/h5-11,19H,1-4H3/b17-11+/t19-/m0/s1. The predicted octanol–water partition coefficient (Wildman–Crippen LogP) is 2.79. The zero-order valence-corrected chi connectivity index (χ0v) is 18.6. The first-order valence-electron chi connectivity index (χ1n) is 9.23. The second-order valence-electron chi connectivity index (χ2n) is 6.81. The Morgan fingerprint density at radius 1 is 1.17 bits per heavy atom. The molecule has 6 nitrogen and oxygen atoms in total. The van der Waals surface area contributed by atoms with Gasteiger partial charge in [-0.25, -0.2) is 9.79 Å². The van der Waals surface area contributed by atoms with Crippen LogP contribution in [0.4, 0.5) is 0 Å². The smallest absolute Gasteiger partial charge is 0.338 e. The lowest BCUT2D eigenvalue weighted by Crippen LogP contribution is -2.39. The zero-order chi connectivity index (χ0) is 21.4. The number of benzene rings is 1. The molecule has 30 heavy (non-hydrogen) atoms. The highest BCUT2D eigenvalue weighted by Crippen LogP contribution is 2.31. The van der Waals surface area contributed by atoms with Crippen LogP contribution in [0.15, 0.2) is 56.8 Å². The quantitative estimate of drug-likeness (QED) is 0.585. The van der Waals surface area contributed by atoms with Crippen molar-refractivity contribution < 1.29 is 14.3 Å². The predicted molar refractivity (Wildman–Crippen MR) is 118 cm³/mol. The van der Waals surface area contributed by atoms with Crippen molar-refractivity contribution in [3.8, 4) is 5.75 Å². The highest BCUT2D eigenvalue weighted by Gasteiger charge is 2.33. The van der Waals surface area contributed by atoms with Crippen LogP contribution in [0.1, 0.15) is 29.0 Å². The fraction of sp³-hybridized carbons (Fsp3) is 0.227. The summed E-state index contributed by atoms with van der Waals surface area (Å²) in [6, 6.07) is 8.73. The Balaban J connectivity index is 1.97. The number of carbonyl (C=O) groups excluding carboxylic acids is 1. The van der Waals surface area contributed by atoms with Gasteiger partial charge in [0.1, 0.15) is 5.75 Å². The first-order chi connectivity index (χ1) is 14.4. The Hall–Kier alpha value is -2.97. The van der Waals surface area contributed by atoms with Crippen molar-refractivity contribution in [1.29, 1.82) is 0 Å². The van der Waals surface area contributed by atoms with E-state index < -0.39 is 12.0 Å². The lowest BCUT2D eigenvalue weighted by molar-refractivity contribution is -0.136. The Morgan fingerprint density at radius 2 is 1.90 bits per heavy atom. The number of aryl methyl sites for hydroxylation is 1. The van der Waals surface area contributed by atoms with Crippen molar-refractivity contribution >= 4 is 34.7 Å². The van der Waals surface area contributed by atoms with E-state index in [4.69, 9.17) is 9.47 Å². The summed E-state index contributed by atoms with van der Waals surface area (Å²) in [5.74, 6) is 0.195. The molecule has 0 saturated carbocycles. The van der Waals surface area contributed by atoms with E-state index in [1.807, 2.05) is 48.7 Å². The topological polar surface area (TPSA) is 69.9 Å². The normalized spacial score (nSPS) is 16.3. The van der Waals surface area contributed by atoms with E-state index in [-0.39, 0.29) is 5.56 Å². The number of hydrogen-bond acceptors (Lipinski definition) is 7. The molecule has 4 rings (SSSR count). The molecule has 0 aliphatic carbocycles. The minimum atomic E-state index is -0.619. The van der Waals surface area contributed by atoms with Gasteiger partial charge in [-0.1, -0.05) is 23.5 Å². The van der Waals surface area contributed by atoms with E-state index in [2.05, 4.69) is 4.99 Å². The van der Waals surface area contributed by atoms with Crippen LogP contribution in [0.3, 0.4) is 0 Å². The molecule has 154 valence electrons. The summed E-state index contributed by atoms with van der Waals surface area (Å²) in [6.45, 7) is 3.78. The fourth-order valence-electron chi connectivity index (χ4n) is 3.45. The molecule has 1 aromatic carbocycles. The number of fused-ring (bicyclic) bond motifs is 1. The number of nitrogens with zero attached hydrogens (tertiary/aromatic N) is 2. The number of aromatic nitrogens is 1. The molecule has 0 spiro atoms. The second kappa shape index (κ2) is 8.04. The largest absolute Gasteiger partial charge is 0.497 e. The number of allylic oxidation sites excluding steroid dienone is 1. The molecule has 1 aliphatic heterocycles. The molecule has 0 unspecified atom stereocenters. The molecule has 0 saturated heterocycles. The molecule has 8 heteroatoms. The van der Waals surface area contributed by atoms with Crippen molar-refractivity contribution in [2.24, 2.45) is 4.99 Å². The summed E-state index contributed by atoms with van der Waals surface area (Å²) in [6.07, 6.45) is 1.89. The number of thiazole rings is 1. The van der Waals surface area contributed by atoms with Crippen molar-refractivity contribution in [3.63, 3.8) is 0 Å². The Morgan fingerprint density at radius 3 is 2.50 bits per heavy atom. The number of esters is 1. The number of ether oxygens (including phenoxy) is 2. The van der Waals surface area contributed by atoms with E-state index >= 15 is 0 Å². The van der Waals surface area contributed by atoms with Gasteiger partial charge in [0.05, 0.1) is 36.1 Å². The molecule has 1 atom stereocenters. The van der Waals surface area contributed by atoms with Gasteiger partial charge in [0.2, 0.25) is 0 Å². The maximum atomic E-state index is 13.4. The maximum absolute atomic E-state index is 13.4. The molecular formula is C22H20N2O4S2. The van der Waals surface area contributed by atoms with E-state index in [9.17, 15) is 9.59 Å². The lowest BCUT2D eigenvalue weighted by Gasteiger charge is -2.24. The van der Waals surface area contributed by atoms with Crippen LogP contribution in [-0.2, 0) is 9.53 Å². The van der Waals surface area contributed by atoms with Crippen molar-refractivity contribution in [2.75, 3.05) is 14.2 Å². The second-order valence-corrected chi connectivity index (χ2v) is 8.77. The number of thiophene rings is 1. The van der Waals surface area contributed by atoms with Crippen LogP contribution in [-0.4, -0.2) is 24.8 Å². The van der Waals surface area contributed by atoms with Crippen LogP contribution in [0.5, 0.6) is 5.75 Å². The molecule has 0 radical (unpaired) electrons. The SMILES string of the molecule is COC(=O)C1=C(C)N=c2s/c(=C/c3sccc3C)c(=O)n2[C@H]1c1ccc(OC)cc1. The number of hydrogen-bond donors (Lipinski definition) is 0. The van der Waals surface area contributed by atoms with Gasteiger partial charge in [-0.2, -0.15) is 0 Å². The van der Waals surface area contributed by atoms with Crippen LogP contribution in [0.2, 0.25) is 0 Å². The van der Waals surface area contributed by atoms with Crippen LogP contribution < -0.4 is 19.6 Å². The molecule has 2 aromatic heterocycles.